The molecule has 4 aliphatic rings. The highest BCUT2D eigenvalue weighted by molar-refractivity contribution is 7.99. The first-order chi connectivity index (χ1) is 14.0. The summed E-state index contributed by atoms with van der Waals surface area (Å²) in [4.78, 5) is 12.6. The van der Waals surface area contributed by atoms with Crippen LogP contribution < -0.4 is 5.32 Å². The Hall–Kier alpha value is -1.89. The van der Waals surface area contributed by atoms with Crippen molar-refractivity contribution in [3.8, 4) is 5.69 Å². The van der Waals surface area contributed by atoms with E-state index in [4.69, 9.17) is 0 Å². The van der Waals surface area contributed by atoms with Gasteiger partial charge in [0.05, 0.1) is 11.4 Å². The number of hydrogen-bond donors (Lipinski definition) is 1. The number of thioether (sulfide) groups is 1. The first-order valence-corrected chi connectivity index (χ1v) is 11.7. The Morgan fingerprint density at radius 1 is 1.14 bits per heavy atom. The molecule has 2 aromatic rings. The summed E-state index contributed by atoms with van der Waals surface area (Å²) in [6, 6.07) is 6.15. The summed E-state index contributed by atoms with van der Waals surface area (Å²) in [5.74, 6) is 3.16. The fraction of sp³-hybridized carbons (Fsp3) is 0.636. The second kappa shape index (κ2) is 7.42. The zero-order chi connectivity index (χ0) is 20.0. The third kappa shape index (κ3) is 3.81. The molecular weight excluding hydrogens is 382 g/mol. The topological polar surface area (TPSA) is 72.7 Å². The van der Waals surface area contributed by atoms with Gasteiger partial charge >= 0.3 is 0 Å². The third-order valence-corrected chi connectivity index (χ3v) is 8.25. The molecule has 0 unspecified atom stereocenters. The van der Waals surface area contributed by atoms with Crippen LogP contribution in [0.1, 0.15) is 49.7 Å². The van der Waals surface area contributed by atoms with Gasteiger partial charge in [-0.2, -0.15) is 4.68 Å². The van der Waals surface area contributed by atoms with E-state index in [1.54, 1.807) is 4.68 Å². The van der Waals surface area contributed by atoms with E-state index in [-0.39, 0.29) is 5.91 Å². The summed E-state index contributed by atoms with van der Waals surface area (Å²) < 4.78 is 1.71. The van der Waals surface area contributed by atoms with E-state index in [0.29, 0.717) is 16.3 Å². The van der Waals surface area contributed by atoms with Gasteiger partial charge in [-0.05, 0) is 109 Å². The zero-order valence-corrected chi connectivity index (χ0v) is 18.0. The molecular formula is C22H29N5OS. The molecule has 6 rings (SSSR count). The molecule has 0 atom stereocenters. The lowest BCUT2D eigenvalue weighted by Gasteiger charge is -2.56. The second-order valence-corrected chi connectivity index (χ2v) is 10.6. The Kier molecular flexibility index (Phi) is 4.88. The number of tetrazole rings is 1. The molecule has 4 fully saturated rings. The SMILES string of the molecule is Cc1ccc(-n2nnnc2SCC(=O)NCC23CC4CC(CC(C4)C2)C3)cc1C. The Morgan fingerprint density at radius 2 is 1.83 bits per heavy atom. The number of nitrogens with zero attached hydrogens (tertiary/aromatic N) is 4. The van der Waals surface area contributed by atoms with Crippen molar-refractivity contribution in [3.05, 3.63) is 29.3 Å². The van der Waals surface area contributed by atoms with Crippen molar-refractivity contribution < 1.29 is 4.79 Å². The van der Waals surface area contributed by atoms with Gasteiger partial charge in [0.1, 0.15) is 0 Å². The molecule has 1 aromatic carbocycles. The van der Waals surface area contributed by atoms with Crippen LogP contribution in [0.2, 0.25) is 0 Å². The number of nitrogens with one attached hydrogen (secondary N) is 1. The lowest BCUT2D eigenvalue weighted by molar-refractivity contribution is -0.120. The minimum atomic E-state index is 0.0837. The first kappa shape index (κ1) is 19.1. The molecule has 0 aliphatic heterocycles. The molecule has 4 bridgehead atoms. The van der Waals surface area contributed by atoms with E-state index in [9.17, 15) is 4.79 Å². The fourth-order valence-corrected chi connectivity index (χ4v) is 6.98. The van der Waals surface area contributed by atoms with Crippen LogP contribution in [0.15, 0.2) is 23.4 Å². The number of aromatic nitrogens is 4. The van der Waals surface area contributed by atoms with Crippen LogP contribution in [0, 0.1) is 37.0 Å². The van der Waals surface area contributed by atoms with Crippen LogP contribution >= 0.6 is 11.8 Å². The molecule has 1 aromatic heterocycles. The predicted molar refractivity (Wildman–Crippen MR) is 113 cm³/mol. The normalized spacial score (nSPS) is 29.9. The lowest BCUT2D eigenvalue weighted by atomic mass is 9.49. The third-order valence-electron chi connectivity index (χ3n) is 7.33. The average molecular weight is 412 g/mol. The Bertz CT molecular complexity index is 888. The zero-order valence-electron chi connectivity index (χ0n) is 17.2. The molecule has 0 saturated heterocycles. The van der Waals surface area contributed by atoms with E-state index in [1.807, 2.05) is 6.07 Å². The maximum absolute atomic E-state index is 12.6. The van der Waals surface area contributed by atoms with Crippen molar-refractivity contribution in [2.45, 2.75) is 57.5 Å². The van der Waals surface area contributed by atoms with E-state index in [1.165, 1.54) is 61.4 Å². The highest BCUT2D eigenvalue weighted by Gasteiger charge is 2.50. The van der Waals surface area contributed by atoms with Crippen LogP contribution in [0.25, 0.3) is 5.69 Å². The summed E-state index contributed by atoms with van der Waals surface area (Å²) >= 11 is 1.40. The Balaban J connectivity index is 1.18. The van der Waals surface area contributed by atoms with Gasteiger partial charge in [0.15, 0.2) is 0 Å². The van der Waals surface area contributed by atoms with E-state index < -0.39 is 0 Å². The van der Waals surface area contributed by atoms with Crippen molar-refractivity contribution in [3.63, 3.8) is 0 Å². The number of carbonyl (C=O) groups is 1. The van der Waals surface area contributed by atoms with Gasteiger partial charge in [-0.15, -0.1) is 5.10 Å². The largest absolute Gasteiger partial charge is 0.355 e. The highest BCUT2D eigenvalue weighted by atomic mass is 32.2. The average Bonchev–Trinajstić information content (AvgIpc) is 3.14. The summed E-state index contributed by atoms with van der Waals surface area (Å²) in [5.41, 5.74) is 3.73. The summed E-state index contributed by atoms with van der Waals surface area (Å²) in [6.45, 7) is 5.01. The Morgan fingerprint density at radius 3 is 2.48 bits per heavy atom. The van der Waals surface area contributed by atoms with Gasteiger partial charge in [-0.3, -0.25) is 4.79 Å². The van der Waals surface area contributed by atoms with Crippen molar-refractivity contribution in [1.82, 2.24) is 25.5 Å². The molecule has 6 nitrogen and oxygen atoms in total. The maximum Gasteiger partial charge on any atom is 0.230 e. The van der Waals surface area contributed by atoms with Gasteiger partial charge in [-0.25, -0.2) is 0 Å². The van der Waals surface area contributed by atoms with Crippen molar-refractivity contribution >= 4 is 17.7 Å². The fourth-order valence-electron chi connectivity index (χ4n) is 6.26. The van der Waals surface area contributed by atoms with Crippen LogP contribution in [-0.4, -0.2) is 38.4 Å². The van der Waals surface area contributed by atoms with Crippen molar-refractivity contribution in [2.75, 3.05) is 12.3 Å². The molecule has 4 saturated carbocycles. The number of benzene rings is 1. The van der Waals surface area contributed by atoms with Gasteiger partial charge < -0.3 is 5.32 Å². The summed E-state index contributed by atoms with van der Waals surface area (Å²) in [7, 11) is 0. The predicted octanol–water partition coefficient (Wildman–Crippen LogP) is 3.70. The summed E-state index contributed by atoms with van der Waals surface area (Å²) in [5, 5.41) is 15.9. The standard InChI is InChI=1S/C22H29N5OS/c1-14-3-4-19(5-15(14)2)27-21(24-25-26-27)29-12-20(28)23-13-22-9-16-6-17(10-22)8-18(7-16)11-22/h3-5,16-18H,6-13H2,1-2H3,(H,23,28). The molecule has 29 heavy (non-hydrogen) atoms. The minimum Gasteiger partial charge on any atom is -0.355 e. The molecule has 1 heterocycles. The number of amides is 1. The second-order valence-electron chi connectivity index (χ2n) is 9.62. The van der Waals surface area contributed by atoms with Crippen LogP contribution in [0.4, 0.5) is 0 Å². The molecule has 7 heteroatoms. The van der Waals surface area contributed by atoms with Crippen molar-refractivity contribution in [2.24, 2.45) is 23.2 Å². The van der Waals surface area contributed by atoms with E-state index in [0.717, 1.165) is 30.0 Å². The number of hydrogen-bond acceptors (Lipinski definition) is 5. The molecule has 0 spiro atoms. The van der Waals surface area contributed by atoms with Gasteiger partial charge in [-0.1, -0.05) is 17.8 Å². The Labute approximate surface area is 176 Å². The molecule has 4 aliphatic carbocycles. The highest BCUT2D eigenvalue weighted by Crippen LogP contribution is 2.59. The number of aryl methyl sites for hydroxylation is 2. The monoisotopic (exact) mass is 411 g/mol. The minimum absolute atomic E-state index is 0.0837. The van der Waals surface area contributed by atoms with E-state index in [2.05, 4.69) is 46.8 Å². The van der Waals surface area contributed by atoms with Gasteiger partial charge in [0.2, 0.25) is 11.1 Å². The lowest BCUT2D eigenvalue weighted by Crippen LogP contribution is -2.51. The van der Waals surface area contributed by atoms with Crippen LogP contribution in [-0.2, 0) is 4.79 Å². The van der Waals surface area contributed by atoms with Crippen molar-refractivity contribution in [1.29, 1.82) is 0 Å². The quantitative estimate of drug-likeness (QED) is 0.734. The van der Waals surface area contributed by atoms with Gasteiger partial charge in [0.25, 0.3) is 0 Å². The molecule has 1 amide bonds. The maximum atomic E-state index is 12.6. The van der Waals surface area contributed by atoms with Crippen LogP contribution in [0.5, 0.6) is 0 Å². The molecule has 154 valence electrons. The molecule has 0 radical (unpaired) electrons. The smallest absolute Gasteiger partial charge is 0.230 e. The number of rotatable bonds is 6. The molecule has 1 N–H and O–H groups in total. The summed E-state index contributed by atoms with van der Waals surface area (Å²) in [6.07, 6.45) is 8.25. The first-order valence-electron chi connectivity index (χ1n) is 10.8. The van der Waals surface area contributed by atoms with Gasteiger partial charge in [0, 0.05) is 6.54 Å². The van der Waals surface area contributed by atoms with E-state index >= 15 is 0 Å². The van der Waals surface area contributed by atoms with Crippen LogP contribution in [0.3, 0.4) is 0 Å². The number of carbonyl (C=O) groups excluding carboxylic acids is 1.